The number of nitrogens with zero attached hydrogens (tertiary/aromatic N) is 2. The Hall–Kier alpha value is -1.85. The molecule has 15 heavy (non-hydrogen) atoms. The van der Waals surface area contributed by atoms with Crippen molar-refractivity contribution in [3.8, 4) is 5.88 Å². The number of hydrogen-bond donors (Lipinski definition) is 2. The molecule has 0 spiro atoms. The minimum absolute atomic E-state index is 0.0740. The number of nitrogens with one attached hydrogen (secondary N) is 2. The molecule has 0 aromatic carbocycles. The molecule has 0 saturated heterocycles. The van der Waals surface area contributed by atoms with Crippen LogP contribution in [0.3, 0.4) is 0 Å². The van der Waals surface area contributed by atoms with Crippen molar-refractivity contribution in [3.05, 3.63) is 12.4 Å². The zero-order valence-electron chi connectivity index (χ0n) is 8.78. The van der Waals surface area contributed by atoms with Crippen LogP contribution in [0.2, 0.25) is 0 Å². The Balaban J connectivity index is 2.46. The van der Waals surface area contributed by atoms with Crippen LogP contribution in [-0.4, -0.2) is 36.1 Å². The first-order valence-corrected chi connectivity index (χ1v) is 4.63. The Labute approximate surface area is 88.1 Å². The lowest BCUT2D eigenvalue weighted by molar-refractivity contribution is -0.119. The number of methoxy groups -OCH3 is 1. The van der Waals surface area contributed by atoms with Crippen molar-refractivity contribution in [3.63, 3.8) is 0 Å². The van der Waals surface area contributed by atoms with Gasteiger partial charge in [0.2, 0.25) is 11.8 Å². The van der Waals surface area contributed by atoms with Crippen molar-refractivity contribution >= 4 is 11.7 Å². The Morgan fingerprint density at radius 2 is 2.33 bits per heavy atom. The maximum atomic E-state index is 11.1. The summed E-state index contributed by atoms with van der Waals surface area (Å²) >= 11 is 0. The summed E-state index contributed by atoms with van der Waals surface area (Å²) in [5, 5.41) is 5.53. The van der Waals surface area contributed by atoms with Gasteiger partial charge in [0.05, 0.1) is 13.7 Å². The number of aromatic nitrogens is 2. The average Bonchev–Trinajstić information content (AvgIpc) is 2.27. The predicted molar refractivity (Wildman–Crippen MR) is 55.8 cm³/mol. The molecule has 1 rings (SSSR count). The molecule has 2 N–H and O–H groups in total. The van der Waals surface area contributed by atoms with Gasteiger partial charge in [-0.15, -0.1) is 0 Å². The van der Waals surface area contributed by atoms with Crippen LogP contribution in [0, 0.1) is 0 Å². The SMILES string of the molecule is CCNC(=O)CNc1cc(OC)ncn1. The van der Waals surface area contributed by atoms with Gasteiger partial charge in [0.25, 0.3) is 0 Å². The van der Waals surface area contributed by atoms with Crippen LogP contribution in [0.1, 0.15) is 6.92 Å². The van der Waals surface area contributed by atoms with E-state index in [4.69, 9.17) is 4.74 Å². The van der Waals surface area contributed by atoms with E-state index in [0.29, 0.717) is 18.2 Å². The van der Waals surface area contributed by atoms with Crippen molar-refractivity contribution in [2.24, 2.45) is 0 Å². The van der Waals surface area contributed by atoms with Crippen LogP contribution in [0.25, 0.3) is 0 Å². The van der Waals surface area contributed by atoms with E-state index in [0.717, 1.165) is 0 Å². The van der Waals surface area contributed by atoms with Crippen LogP contribution in [0.15, 0.2) is 12.4 Å². The molecule has 6 nitrogen and oxygen atoms in total. The number of hydrogen-bond acceptors (Lipinski definition) is 5. The summed E-state index contributed by atoms with van der Waals surface area (Å²) in [4.78, 5) is 18.9. The fraction of sp³-hybridized carbons (Fsp3) is 0.444. The molecule has 0 fully saturated rings. The fourth-order valence-electron chi connectivity index (χ4n) is 0.978. The summed E-state index contributed by atoms with van der Waals surface area (Å²) < 4.78 is 4.92. The van der Waals surface area contributed by atoms with E-state index in [1.165, 1.54) is 13.4 Å². The van der Waals surface area contributed by atoms with E-state index in [1.807, 2.05) is 6.92 Å². The van der Waals surface area contributed by atoms with E-state index in [9.17, 15) is 4.79 Å². The highest BCUT2D eigenvalue weighted by Gasteiger charge is 2.01. The third kappa shape index (κ3) is 3.80. The van der Waals surface area contributed by atoms with Gasteiger partial charge in [-0.05, 0) is 6.92 Å². The number of carbonyl (C=O) groups excluding carboxylic acids is 1. The maximum Gasteiger partial charge on any atom is 0.239 e. The number of likely N-dealkylation sites (N-methyl/N-ethyl adjacent to an activating group) is 1. The highest BCUT2D eigenvalue weighted by molar-refractivity contribution is 5.80. The molecule has 1 amide bonds. The Bertz CT molecular complexity index is 330. The van der Waals surface area contributed by atoms with E-state index in [2.05, 4.69) is 20.6 Å². The molecule has 0 aliphatic rings. The highest BCUT2D eigenvalue weighted by Crippen LogP contribution is 2.09. The summed E-state index contributed by atoms with van der Waals surface area (Å²) in [6.45, 7) is 2.67. The zero-order chi connectivity index (χ0) is 11.1. The minimum Gasteiger partial charge on any atom is -0.481 e. The lowest BCUT2D eigenvalue weighted by Gasteiger charge is -2.05. The van der Waals surface area contributed by atoms with Gasteiger partial charge in [0.15, 0.2) is 0 Å². The number of amides is 1. The van der Waals surface area contributed by atoms with Crippen LogP contribution in [-0.2, 0) is 4.79 Å². The lowest BCUT2D eigenvalue weighted by atomic mass is 10.5. The third-order valence-electron chi connectivity index (χ3n) is 1.66. The molecule has 0 aliphatic carbocycles. The molecule has 0 saturated carbocycles. The summed E-state index contributed by atoms with van der Waals surface area (Å²) in [7, 11) is 1.52. The normalized spacial score (nSPS) is 9.47. The average molecular weight is 210 g/mol. The van der Waals surface area contributed by atoms with Crippen molar-refractivity contribution < 1.29 is 9.53 Å². The first-order valence-electron chi connectivity index (χ1n) is 4.63. The molecule has 0 atom stereocenters. The smallest absolute Gasteiger partial charge is 0.239 e. The molecule has 1 aromatic heterocycles. The molecule has 0 radical (unpaired) electrons. The summed E-state index contributed by atoms with van der Waals surface area (Å²) in [5.74, 6) is 0.951. The van der Waals surface area contributed by atoms with E-state index in [-0.39, 0.29) is 12.5 Å². The second kappa shape index (κ2) is 5.79. The first-order chi connectivity index (χ1) is 7.26. The van der Waals surface area contributed by atoms with Crippen LogP contribution >= 0.6 is 0 Å². The van der Waals surface area contributed by atoms with Crippen molar-refractivity contribution in [1.29, 1.82) is 0 Å². The monoisotopic (exact) mass is 210 g/mol. The Kier molecular flexibility index (Phi) is 4.33. The molecule has 1 aromatic rings. The van der Waals surface area contributed by atoms with E-state index in [1.54, 1.807) is 6.07 Å². The van der Waals surface area contributed by atoms with Gasteiger partial charge >= 0.3 is 0 Å². The quantitative estimate of drug-likeness (QED) is 0.717. The molecular formula is C9H14N4O2. The zero-order valence-corrected chi connectivity index (χ0v) is 8.78. The minimum atomic E-state index is -0.0740. The topological polar surface area (TPSA) is 76.1 Å². The molecule has 0 unspecified atom stereocenters. The highest BCUT2D eigenvalue weighted by atomic mass is 16.5. The molecule has 1 heterocycles. The van der Waals surface area contributed by atoms with Crippen LogP contribution in [0.5, 0.6) is 5.88 Å². The number of rotatable bonds is 5. The number of anilines is 1. The van der Waals surface area contributed by atoms with Gasteiger partial charge in [0, 0.05) is 12.6 Å². The molecule has 0 aliphatic heterocycles. The van der Waals surface area contributed by atoms with Crippen LogP contribution in [0.4, 0.5) is 5.82 Å². The predicted octanol–water partition coefficient (Wildman–Crippen LogP) is 0.0332. The first kappa shape index (κ1) is 11.2. The van der Waals surface area contributed by atoms with Gasteiger partial charge in [-0.3, -0.25) is 4.79 Å². The van der Waals surface area contributed by atoms with E-state index >= 15 is 0 Å². The third-order valence-corrected chi connectivity index (χ3v) is 1.66. The molecule has 82 valence electrons. The maximum absolute atomic E-state index is 11.1. The second-order valence-electron chi connectivity index (χ2n) is 2.75. The van der Waals surface area contributed by atoms with Crippen molar-refractivity contribution in [2.75, 3.05) is 25.5 Å². The number of ether oxygens (including phenoxy) is 1. The van der Waals surface area contributed by atoms with E-state index < -0.39 is 0 Å². The van der Waals surface area contributed by atoms with Crippen molar-refractivity contribution in [2.45, 2.75) is 6.92 Å². The van der Waals surface area contributed by atoms with Gasteiger partial charge in [-0.2, -0.15) is 0 Å². The Morgan fingerprint density at radius 3 is 3.00 bits per heavy atom. The fourth-order valence-corrected chi connectivity index (χ4v) is 0.978. The van der Waals surface area contributed by atoms with Gasteiger partial charge in [0.1, 0.15) is 12.1 Å². The standard InChI is InChI=1S/C9H14N4O2/c1-3-10-8(14)5-11-7-4-9(15-2)13-6-12-7/h4,6H,3,5H2,1-2H3,(H,10,14)(H,11,12,13). The van der Waals surface area contributed by atoms with Gasteiger partial charge in [-0.25, -0.2) is 9.97 Å². The lowest BCUT2D eigenvalue weighted by Crippen LogP contribution is -2.29. The summed E-state index contributed by atoms with van der Waals surface area (Å²) in [6, 6.07) is 1.62. The largest absolute Gasteiger partial charge is 0.481 e. The Morgan fingerprint density at radius 1 is 1.53 bits per heavy atom. The van der Waals surface area contributed by atoms with Gasteiger partial charge in [-0.1, -0.05) is 0 Å². The number of carbonyl (C=O) groups is 1. The summed E-state index contributed by atoms with van der Waals surface area (Å²) in [6.07, 6.45) is 1.37. The molecule has 0 bridgehead atoms. The molecular weight excluding hydrogens is 196 g/mol. The summed E-state index contributed by atoms with van der Waals surface area (Å²) in [5.41, 5.74) is 0. The van der Waals surface area contributed by atoms with Crippen molar-refractivity contribution in [1.82, 2.24) is 15.3 Å². The van der Waals surface area contributed by atoms with Gasteiger partial charge < -0.3 is 15.4 Å². The molecule has 6 heteroatoms. The van der Waals surface area contributed by atoms with Crippen LogP contribution < -0.4 is 15.4 Å². The second-order valence-corrected chi connectivity index (χ2v) is 2.75.